The van der Waals surface area contributed by atoms with E-state index in [2.05, 4.69) is 41.8 Å². The molecule has 0 radical (unpaired) electrons. The van der Waals surface area contributed by atoms with Crippen LogP contribution in [0, 0.1) is 0 Å². The molecule has 0 heterocycles. The van der Waals surface area contributed by atoms with Crippen LogP contribution in [-0.4, -0.2) is 23.7 Å². The van der Waals surface area contributed by atoms with Gasteiger partial charge in [0, 0.05) is 17.5 Å². The monoisotopic (exact) mass is 292 g/mol. The Balaban J connectivity index is 1.84. The zero-order valence-electron chi connectivity index (χ0n) is 12.3. The van der Waals surface area contributed by atoms with E-state index in [9.17, 15) is 4.79 Å². The van der Waals surface area contributed by atoms with Crippen LogP contribution in [0.15, 0.2) is 29.2 Å². The van der Waals surface area contributed by atoms with Crippen molar-refractivity contribution in [2.24, 2.45) is 0 Å². The van der Waals surface area contributed by atoms with Crippen LogP contribution in [0.4, 0.5) is 0 Å². The Morgan fingerprint density at radius 1 is 1.45 bits per heavy atom. The smallest absolute Gasteiger partial charge is 0.233 e. The predicted molar refractivity (Wildman–Crippen MR) is 84.9 cm³/mol. The van der Waals surface area contributed by atoms with Crippen LogP contribution in [0.5, 0.6) is 0 Å². The van der Waals surface area contributed by atoms with Gasteiger partial charge in [0.2, 0.25) is 5.91 Å². The first-order chi connectivity index (χ1) is 9.69. The number of hydrogen-bond donors (Lipinski definition) is 2. The highest BCUT2D eigenvalue weighted by molar-refractivity contribution is 8.00. The van der Waals surface area contributed by atoms with Crippen LogP contribution in [-0.2, 0) is 11.3 Å². The lowest BCUT2D eigenvalue weighted by Gasteiger charge is -2.12. The molecule has 0 spiro atoms. The number of hydrogen-bond acceptors (Lipinski definition) is 3. The summed E-state index contributed by atoms with van der Waals surface area (Å²) in [4.78, 5) is 13.1. The van der Waals surface area contributed by atoms with Crippen molar-refractivity contribution in [2.45, 2.75) is 55.8 Å². The van der Waals surface area contributed by atoms with Crippen molar-refractivity contribution in [3.63, 3.8) is 0 Å². The third kappa shape index (κ3) is 5.17. The molecule has 0 bridgehead atoms. The maximum atomic E-state index is 11.9. The normalized spacial score (nSPS) is 15.9. The molecule has 0 saturated heterocycles. The molecule has 0 aromatic heterocycles. The van der Waals surface area contributed by atoms with Crippen molar-refractivity contribution in [2.75, 3.05) is 6.54 Å². The number of thioether (sulfide) groups is 1. The summed E-state index contributed by atoms with van der Waals surface area (Å²) in [5.74, 6) is 0.159. The summed E-state index contributed by atoms with van der Waals surface area (Å²) in [5.41, 5.74) is 1.28. The number of amides is 1. The molecule has 1 atom stereocenters. The van der Waals surface area contributed by atoms with Gasteiger partial charge in [0.1, 0.15) is 0 Å². The third-order valence-electron chi connectivity index (χ3n) is 3.26. The Hall–Kier alpha value is -1.00. The molecule has 1 unspecified atom stereocenters. The predicted octanol–water partition coefficient (Wildman–Crippen LogP) is 2.95. The molecule has 2 N–H and O–H groups in total. The van der Waals surface area contributed by atoms with Gasteiger partial charge < -0.3 is 10.6 Å². The minimum atomic E-state index is -0.0329. The van der Waals surface area contributed by atoms with Crippen LogP contribution in [0.2, 0.25) is 0 Å². The van der Waals surface area contributed by atoms with Gasteiger partial charge in [-0.3, -0.25) is 4.79 Å². The van der Waals surface area contributed by atoms with Crippen LogP contribution >= 0.6 is 11.8 Å². The first kappa shape index (κ1) is 15.4. The average molecular weight is 292 g/mol. The standard InChI is InChI=1S/C16H24N2OS/c1-3-9-17-11-13-5-4-6-15(10-13)20-12(2)16(19)18-14-7-8-14/h4-6,10,12,14,17H,3,7-9,11H2,1-2H3,(H,18,19). The van der Waals surface area contributed by atoms with E-state index in [0.29, 0.717) is 6.04 Å². The maximum absolute atomic E-state index is 11.9. The first-order valence-electron chi connectivity index (χ1n) is 7.45. The molecule has 1 aliphatic rings. The van der Waals surface area contributed by atoms with E-state index in [1.54, 1.807) is 11.8 Å². The van der Waals surface area contributed by atoms with E-state index >= 15 is 0 Å². The van der Waals surface area contributed by atoms with Crippen molar-refractivity contribution in [1.82, 2.24) is 10.6 Å². The van der Waals surface area contributed by atoms with Crippen molar-refractivity contribution >= 4 is 17.7 Å². The van der Waals surface area contributed by atoms with E-state index in [0.717, 1.165) is 32.4 Å². The fraction of sp³-hybridized carbons (Fsp3) is 0.562. The average Bonchev–Trinajstić information content (AvgIpc) is 3.23. The van der Waals surface area contributed by atoms with Gasteiger partial charge in [0.25, 0.3) is 0 Å². The SMILES string of the molecule is CCCNCc1cccc(SC(C)C(=O)NC2CC2)c1. The van der Waals surface area contributed by atoms with Gasteiger partial charge in [-0.15, -0.1) is 11.8 Å². The molecule has 20 heavy (non-hydrogen) atoms. The van der Waals surface area contributed by atoms with E-state index in [-0.39, 0.29) is 11.2 Å². The number of rotatable bonds is 8. The molecule has 2 rings (SSSR count). The van der Waals surface area contributed by atoms with E-state index in [1.807, 2.05) is 6.92 Å². The Bertz CT molecular complexity index is 446. The minimum absolute atomic E-state index is 0.0329. The minimum Gasteiger partial charge on any atom is -0.352 e. The lowest BCUT2D eigenvalue weighted by Crippen LogP contribution is -2.32. The molecular formula is C16H24N2OS. The molecule has 1 aliphatic carbocycles. The molecule has 1 amide bonds. The van der Waals surface area contributed by atoms with Gasteiger partial charge in [0.05, 0.1) is 5.25 Å². The number of carbonyl (C=O) groups is 1. The number of carbonyl (C=O) groups excluding carboxylic acids is 1. The first-order valence-corrected chi connectivity index (χ1v) is 8.33. The van der Waals surface area contributed by atoms with E-state index in [1.165, 1.54) is 10.5 Å². The van der Waals surface area contributed by atoms with Crippen molar-refractivity contribution in [3.8, 4) is 0 Å². The zero-order chi connectivity index (χ0) is 14.4. The largest absolute Gasteiger partial charge is 0.352 e. The Kier molecular flexibility index (Phi) is 5.92. The van der Waals surface area contributed by atoms with E-state index < -0.39 is 0 Å². The Morgan fingerprint density at radius 3 is 2.95 bits per heavy atom. The molecule has 3 nitrogen and oxygen atoms in total. The van der Waals surface area contributed by atoms with Gasteiger partial charge >= 0.3 is 0 Å². The third-order valence-corrected chi connectivity index (χ3v) is 4.35. The number of benzene rings is 1. The summed E-state index contributed by atoms with van der Waals surface area (Å²) in [5, 5.41) is 6.43. The Labute approximate surface area is 125 Å². The topological polar surface area (TPSA) is 41.1 Å². The highest BCUT2D eigenvalue weighted by atomic mass is 32.2. The van der Waals surface area contributed by atoms with Crippen molar-refractivity contribution in [3.05, 3.63) is 29.8 Å². The molecule has 1 saturated carbocycles. The number of nitrogens with one attached hydrogen (secondary N) is 2. The second-order valence-corrected chi connectivity index (χ2v) is 6.78. The summed E-state index contributed by atoms with van der Waals surface area (Å²) in [6, 6.07) is 8.89. The molecule has 1 aromatic rings. The van der Waals surface area contributed by atoms with Crippen LogP contribution < -0.4 is 10.6 Å². The highest BCUT2D eigenvalue weighted by Gasteiger charge is 2.25. The second kappa shape index (κ2) is 7.70. The summed E-state index contributed by atoms with van der Waals surface area (Å²) in [6.07, 6.45) is 3.43. The lowest BCUT2D eigenvalue weighted by atomic mass is 10.2. The maximum Gasteiger partial charge on any atom is 0.233 e. The summed E-state index contributed by atoms with van der Waals surface area (Å²) < 4.78 is 0. The van der Waals surface area contributed by atoms with Gasteiger partial charge in [0.15, 0.2) is 0 Å². The van der Waals surface area contributed by atoms with Gasteiger partial charge in [-0.05, 0) is 50.4 Å². The molecule has 1 fully saturated rings. The fourth-order valence-electron chi connectivity index (χ4n) is 1.94. The zero-order valence-corrected chi connectivity index (χ0v) is 13.1. The molecule has 4 heteroatoms. The molecule has 1 aromatic carbocycles. The second-order valence-electron chi connectivity index (χ2n) is 5.37. The van der Waals surface area contributed by atoms with Gasteiger partial charge in [-0.1, -0.05) is 19.1 Å². The molecule has 0 aliphatic heterocycles. The van der Waals surface area contributed by atoms with Gasteiger partial charge in [-0.25, -0.2) is 0 Å². The van der Waals surface area contributed by atoms with E-state index in [4.69, 9.17) is 0 Å². The van der Waals surface area contributed by atoms with Crippen molar-refractivity contribution in [1.29, 1.82) is 0 Å². The molecular weight excluding hydrogens is 268 g/mol. The van der Waals surface area contributed by atoms with Crippen molar-refractivity contribution < 1.29 is 4.79 Å². The Morgan fingerprint density at radius 2 is 2.25 bits per heavy atom. The highest BCUT2D eigenvalue weighted by Crippen LogP contribution is 2.26. The summed E-state index contributed by atoms with van der Waals surface area (Å²) in [6.45, 7) is 6.08. The van der Waals surface area contributed by atoms with Crippen LogP contribution in [0.1, 0.15) is 38.7 Å². The molecule has 110 valence electrons. The van der Waals surface area contributed by atoms with Crippen LogP contribution in [0.25, 0.3) is 0 Å². The quantitative estimate of drug-likeness (QED) is 0.572. The fourth-order valence-corrected chi connectivity index (χ4v) is 2.90. The van der Waals surface area contributed by atoms with Gasteiger partial charge in [-0.2, -0.15) is 0 Å². The summed E-state index contributed by atoms with van der Waals surface area (Å²) in [7, 11) is 0. The lowest BCUT2D eigenvalue weighted by molar-refractivity contribution is -0.120. The van der Waals surface area contributed by atoms with Crippen LogP contribution in [0.3, 0.4) is 0 Å². The summed E-state index contributed by atoms with van der Waals surface area (Å²) >= 11 is 1.63.